The summed E-state index contributed by atoms with van der Waals surface area (Å²) in [7, 11) is 1.50. The average Bonchev–Trinajstić information content (AvgIpc) is 2.26. The van der Waals surface area contributed by atoms with E-state index in [1.165, 1.54) is 18.9 Å². The number of hydrogen-bond donors (Lipinski definition) is 1. The summed E-state index contributed by atoms with van der Waals surface area (Å²) in [6, 6.07) is 4.66. The molecule has 1 rings (SSSR count). The lowest BCUT2D eigenvalue weighted by atomic mass is 10.0. The lowest BCUT2D eigenvalue weighted by Crippen LogP contribution is -2.40. The van der Waals surface area contributed by atoms with E-state index in [2.05, 4.69) is 0 Å². The molecule has 17 heavy (non-hydrogen) atoms. The Morgan fingerprint density at radius 1 is 1.29 bits per heavy atom. The second kappa shape index (κ2) is 4.99. The van der Waals surface area contributed by atoms with E-state index in [0.717, 1.165) is 11.1 Å². The maximum absolute atomic E-state index is 12.1. The quantitative estimate of drug-likeness (QED) is 0.869. The normalized spacial score (nSPS) is 12.0. The first-order chi connectivity index (χ1) is 7.84. The summed E-state index contributed by atoms with van der Waals surface area (Å²) in [5, 5.41) is 8.87. The Kier molecular flexibility index (Phi) is 3.89. The van der Waals surface area contributed by atoms with Gasteiger partial charge in [-0.05, 0) is 32.4 Å². The predicted octanol–water partition coefficient (Wildman–Crippen LogP) is 1.85. The predicted molar refractivity (Wildman–Crippen MR) is 65.1 cm³/mol. The molecule has 1 N–H and O–H groups in total. The van der Waals surface area contributed by atoms with Crippen molar-refractivity contribution < 1.29 is 14.7 Å². The lowest BCUT2D eigenvalue weighted by molar-refractivity contribution is -0.141. The monoisotopic (exact) mass is 235 g/mol. The highest BCUT2D eigenvalue weighted by Crippen LogP contribution is 2.13. The molecule has 0 radical (unpaired) electrons. The zero-order chi connectivity index (χ0) is 13.2. The van der Waals surface area contributed by atoms with Gasteiger partial charge in [-0.2, -0.15) is 0 Å². The molecule has 0 heterocycles. The SMILES string of the molecule is Cc1ccc(C(=O)N(C)C(C)C(=O)O)c(C)c1. The van der Waals surface area contributed by atoms with Crippen molar-refractivity contribution in [3.05, 3.63) is 34.9 Å². The van der Waals surface area contributed by atoms with Crippen molar-refractivity contribution in [2.24, 2.45) is 0 Å². The number of aliphatic carboxylic acids is 1. The van der Waals surface area contributed by atoms with Crippen LogP contribution < -0.4 is 0 Å². The molecule has 1 atom stereocenters. The zero-order valence-electron chi connectivity index (χ0n) is 10.5. The van der Waals surface area contributed by atoms with Crippen LogP contribution in [-0.4, -0.2) is 35.0 Å². The van der Waals surface area contributed by atoms with Gasteiger partial charge in [-0.1, -0.05) is 17.7 Å². The molecular weight excluding hydrogens is 218 g/mol. The van der Waals surface area contributed by atoms with Gasteiger partial charge in [0.15, 0.2) is 0 Å². The molecule has 1 aromatic carbocycles. The Hall–Kier alpha value is -1.84. The molecule has 0 fully saturated rings. The minimum Gasteiger partial charge on any atom is -0.480 e. The third-order valence-corrected chi connectivity index (χ3v) is 2.87. The van der Waals surface area contributed by atoms with E-state index in [1.54, 1.807) is 6.07 Å². The van der Waals surface area contributed by atoms with Crippen molar-refractivity contribution in [1.29, 1.82) is 0 Å². The summed E-state index contributed by atoms with van der Waals surface area (Å²) in [6.45, 7) is 5.29. The first-order valence-corrected chi connectivity index (χ1v) is 5.41. The van der Waals surface area contributed by atoms with Crippen molar-refractivity contribution in [2.75, 3.05) is 7.05 Å². The highest BCUT2D eigenvalue weighted by Gasteiger charge is 2.23. The van der Waals surface area contributed by atoms with Crippen molar-refractivity contribution in [3.8, 4) is 0 Å². The van der Waals surface area contributed by atoms with Crippen molar-refractivity contribution in [3.63, 3.8) is 0 Å². The van der Waals surface area contributed by atoms with E-state index in [0.29, 0.717) is 5.56 Å². The number of carboxylic acid groups (broad SMARTS) is 1. The lowest BCUT2D eigenvalue weighted by Gasteiger charge is -2.22. The second-order valence-electron chi connectivity index (χ2n) is 4.25. The van der Waals surface area contributed by atoms with Gasteiger partial charge >= 0.3 is 5.97 Å². The van der Waals surface area contributed by atoms with Crippen LogP contribution >= 0.6 is 0 Å². The number of aryl methyl sites for hydroxylation is 2. The zero-order valence-corrected chi connectivity index (χ0v) is 10.5. The average molecular weight is 235 g/mol. The van der Waals surface area contributed by atoms with Gasteiger partial charge in [-0.3, -0.25) is 4.79 Å². The van der Waals surface area contributed by atoms with Crippen LogP contribution in [0.1, 0.15) is 28.4 Å². The Morgan fingerprint density at radius 2 is 1.88 bits per heavy atom. The van der Waals surface area contributed by atoms with Crippen LogP contribution in [0, 0.1) is 13.8 Å². The minimum absolute atomic E-state index is 0.266. The van der Waals surface area contributed by atoms with Crippen LogP contribution in [0.5, 0.6) is 0 Å². The maximum atomic E-state index is 12.1. The number of hydrogen-bond acceptors (Lipinski definition) is 2. The molecule has 0 aliphatic carbocycles. The number of benzene rings is 1. The molecule has 0 aliphatic heterocycles. The number of nitrogens with zero attached hydrogens (tertiary/aromatic N) is 1. The molecular formula is C13H17NO3. The minimum atomic E-state index is -1.01. The fraction of sp³-hybridized carbons (Fsp3) is 0.385. The topological polar surface area (TPSA) is 57.6 Å². The number of carboxylic acids is 1. The number of carbonyl (C=O) groups excluding carboxylic acids is 1. The van der Waals surface area contributed by atoms with Crippen LogP contribution in [0.25, 0.3) is 0 Å². The van der Waals surface area contributed by atoms with E-state index in [9.17, 15) is 9.59 Å². The summed E-state index contributed by atoms with van der Waals surface area (Å²) in [5.74, 6) is -1.27. The van der Waals surface area contributed by atoms with Crippen LogP contribution in [0.15, 0.2) is 18.2 Å². The van der Waals surface area contributed by atoms with Gasteiger partial charge in [0.2, 0.25) is 0 Å². The van der Waals surface area contributed by atoms with Gasteiger partial charge in [0.1, 0.15) is 6.04 Å². The number of rotatable bonds is 3. The molecule has 0 aromatic heterocycles. The molecule has 1 amide bonds. The van der Waals surface area contributed by atoms with E-state index in [-0.39, 0.29) is 5.91 Å². The maximum Gasteiger partial charge on any atom is 0.326 e. The second-order valence-corrected chi connectivity index (χ2v) is 4.25. The van der Waals surface area contributed by atoms with E-state index in [4.69, 9.17) is 5.11 Å². The van der Waals surface area contributed by atoms with Crippen LogP contribution in [-0.2, 0) is 4.79 Å². The molecule has 1 aromatic rings. The van der Waals surface area contributed by atoms with Crippen LogP contribution in [0.2, 0.25) is 0 Å². The Morgan fingerprint density at radius 3 is 2.35 bits per heavy atom. The number of likely N-dealkylation sites (N-methyl/N-ethyl adjacent to an activating group) is 1. The molecule has 92 valence electrons. The highest BCUT2D eigenvalue weighted by atomic mass is 16.4. The van der Waals surface area contributed by atoms with E-state index in [1.807, 2.05) is 26.0 Å². The highest BCUT2D eigenvalue weighted by molar-refractivity contribution is 5.97. The molecule has 0 spiro atoms. The summed E-state index contributed by atoms with van der Waals surface area (Å²) < 4.78 is 0. The third kappa shape index (κ3) is 2.84. The molecule has 4 heteroatoms. The molecule has 0 bridgehead atoms. The number of carbonyl (C=O) groups is 2. The third-order valence-electron chi connectivity index (χ3n) is 2.87. The van der Waals surface area contributed by atoms with Gasteiger partial charge in [0.25, 0.3) is 5.91 Å². The van der Waals surface area contributed by atoms with E-state index >= 15 is 0 Å². The van der Waals surface area contributed by atoms with E-state index < -0.39 is 12.0 Å². The summed E-state index contributed by atoms with van der Waals surface area (Å²) in [4.78, 5) is 24.1. The number of amides is 1. The summed E-state index contributed by atoms with van der Waals surface area (Å²) in [5.41, 5.74) is 2.48. The summed E-state index contributed by atoms with van der Waals surface area (Å²) >= 11 is 0. The smallest absolute Gasteiger partial charge is 0.326 e. The fourth-order valence-electron chi connectivity index (χ4n) is 1.59. The molecule has 4 nitrogen and oxygen atoms in total. The molecule has 0 saturated heterocycles. The molecule has 0 aliphatic rings. The van der Waals surface area contributed by atoms with Gasteiger partial charge < -0.3 is 10.0 Å². The van der Waals surface area contributed by atoms with Crippen molar-refractivity contribution >= 4 is 11.9 Å². The molecule has 0 saturated carbocycles. The first-order valence-electron chi connectivity index (χ1n) is 5.41. The van der Waals surface area contributed by atoms with Gasteiger partial charge in [-0.15, -0.1) is 0 Å². The largest absolute Gasteiger partial charge is 0.480 e. The Balaban J connectivity index is 3.00. The van der Waals surface area contributed by atoms with Gasteiger partial charge in [0, 0.05) is 12.6 Å². The van der Waals surface area contributed by atoms with Crippen molar-refractivity contribution in [1.82, 2.24) is 4.90 Å². The molecule has 1 unspecified atom stereocenters. The Bertz CT molecular complexity index is 454. The van der Waals surface area contributed by atoms with Gasteiger partial charge in [-0.25, -0.2) is 4.79 Å². The van der Waals surface area contributed by atoms with Crippen molar-refractivity contribution in [2.45, 2.75) is 26.8 Å². The fourth-order valence-corrected chi connectivity index (χ4v) is 1.59. The van der Waals surface area contributed by atoms with Crippen LogP contribution in [0.3, 0.4) is 0 Å². The summed E-state index contributed by atoms with van der Waals surface area (Å²) in [6.07, 6.45) is 0. The standard InChI is InChI=1S/C13H17NO3/c1-8-5-6-11(9(2)7-8)12(15)14(4)10(3)13(16)17/h5-7,10H,1-4H3,(H,16,17). The van der Waals surface area contributed by atoms with Crippen LogP contribution in [0.4, 0.5) is 0 Å². The first kappa shape index (κ1) is 13.2. The van der Waals surface area contributed by atoms with Gasteiger partial charge in [0.05, 0.1) is 0 Å². The Labute approximate surface area is 101 Å².